The molecular weight excluding hydrogens is 176 g/mol. The van der Waals surface area contributed by atoms with Gasteiger partial charge in [-0.2, -0.15) is 0 Å². The predicted molar refractivity (Wildman–Crippen MR) is 52.1 cm³/mol. The van der Waals surface area contributed by atoms with Crippen LogP contribution in [0.4, 0.5) is 0 Å². The summed E-state index contributed by atoms with van der Waals surface area (Å²) in [5.41, 5.74) is 2.87. The largest absolute Gasteiger partial charge is 0.464 e. The van der Waals surface area contributed by atoms with Crippen LogP contribution in [0.5, 0.6) is 0 Å². The molecule has 1 aromatic rings. The molecule has 1 fully saturated rings. The molecule has 2 aliphatic rings. The average molecular weight is 188 g/mol. The van der Waals surface area contributed by atoms with E-state index in [1.165, 1.54) is 11.1 Å². The summed E-state index contributed by atoms with van der Waals surface area (Å²) in [4.78, 5) is 10.3. The summed E-state index contributed by atoms with van der Waals surface area (Å²) in [7, 11) is 0. The second-order valence-electron chi connectivity index (χ2n) is 4.17. The highest BCUT2D eigenvalue weighted by Gasteiger charge is 2.44. The molecule has 72 valence electrons. The Kier molecular flexibility index (Phi) is 1.63. The molecule has 0 saturated heterocycles. The minimum Gasteiger partial charge on any atom is -0.464 e. The zero-order valence-corrected chi connectivity index (χ0v) is 7.85. The van der Waals surface area contributed by atoms with Gasteiger partial charge >= 0.3 is 0 Å². The van der Waals surface area contributed by atoms with Crippen molar-refractivity contribution in [3.8, 4) is 0 Å². The molecule has 0 aliphatic heterocycles. The van der Waals surface area contributed by atoms with Crippen molar-refractivity contribution in [2.75, 3.05) is 0 Å². The third kappa shape index (κ3) is 0.939. The molecule has 0 heterocycles. The van der Waals surface area contributed by atoms with Gasteiger partial charge in [-0.05, 0) is 29.9 Å². The first-order chi connectivity index (χ1) is 6.90. The molecule has 2 aliphatic carbocycles. The van der Waals surface area contributed by atoms with Crippen LogP contribution in [0.3, 0.4) is 0 Å². The van der Waals surface area contributed by atoms with Crippen LogP contribution in [0.1, 0.15) is 35.8 Å². The Hall–Kier alpha value is -1.31. The van der Waals surface area contributed by atoms with Crippen molar-refractivity contribution >= 4 is 6.47 Å². The highest BCUT2D eigenvalue weighted by Crippen LogP contribution is 2.53. The fraction of sp³-hybridized carbons (Fsp3) is 0.417. The Morgan fingerprint density at radius 3 is 2.79 bits per heavy atom. The summed E-state index contributed by atoms with van der Waals surface area (Å²) in [6, 6.07) is 8.53. The van der Waals surface area contributed by atoms with Crippen LogP contribution in [0, 0.1) is 0 Å². The van der Waals surface area contributed by atoms with Crippen molar-refractivity contribution in [2.24, 2.45) is 0 Å². The molecule has 3 rings (SSSR count). The fourth-order valence-electron chi connectivity index (χ4n) is 3.02. The van der Waals surface area contributed by atoms with Crippen LogP contribution in [0.25, 0.3) is 0 Å². The lowest BCUT2D eigenvalue weighted by Crippen LogP contribution is -2.19. The van der Waals surface area contributed by atoms with E-state index in [1.807, 2.05) is 0 Å². The Bertz CT molecular complexity index is 372. The van der Waals surface area contributed by atoms with E-state index in [9.17, 15) is 4.79 Å². The lowest BCUT2D eigenvalue weighted by Gasteiger charge is -2.22. The molecule has 3 atom stereocenters. The first kappa shape index (κ1) is 8.04. The van der Waals surface area contributed by atoms with E-state index in [1.54, 1.807) is 0 Å². The van der Waals surface area contributed by atoms with Gasteiger partial charge < -0.3 is 4.74 Å². The molecule has 3 unspecified atom stereocenters. The van der Waals surface area contributed by atoms with Gasteiger partial charge in [-0.25, -0.2) is 0 Å². The minimum atomic E-state index is 0.132. The molecule has 1 saturated carbocycles. The zero-order chi connectivity index (χ0) is 9.54. The van der Waals surface area contributed by atoms with Gasteiger partial charge in [0.25, 0.3) is 6.47 Å². The number of carbonyl (C=O) groups excluding carboxylic acids is 1. The van der Waals surface area contributed by atoms with Gasteiger partial charge in [0.1, 0.15) is 6.10 Å². The van der Waals surface area contributed by atoms with Crippen LogP contribution in [-0.2, 0) is 9.53 Å². The van der Waals surface area contributed by atoms with Crippen LogP contribution in [-0.4, -0.2) is 12.6 Å². The van der Waals surface area contributed by atoms with E-state index < -0.39 is 0 Å². The molecule has 0 amide bonds. The molecule has 1 aromatic carbocycles. The van der Waals surface area contributed by atoms with Gasteiger partial charge in [-0.1, -0.05) is 24.3 Å². The van der Waals surface area contributed by atoms with Crippen LogP contribution < -0.4 is 0 Å². The molecule has 0 N–H and O–H groups in total. The summed E-state index contributed by atoms with van der Waals surface area (Å²) in [6.45, 7) is 0.591. The topological polar surface area (TPSA) is 26.3 Å². The van der Waals surface area contributed by atoms with Crippen LogP contribution in [0.2, 0.25) is 0 Å². The van der Waals surface area contributed by atoms with Crippen molar-refractivity contribution in [2.45, 2.75) is 30.8 Å². The summed E-state index contributed by atoms with van der Waals surface area (Å²) in [5.74, 6) is 1.09. The van der Waals surface area contributed by atoms with Gasteiger partial charge in [-0.3, -0.25) is 4.79 Å². The molecule has 2 heteroatoms. The van der Waals surface area contributed by atoms with E-state index in [2.05, 4.69) is 24.3 Å². The van der Waals surface area contributed by atoms with Gasteiger partial charge in [-0.15, -0.1) is 0 Å². The smallest absolute Gasteiger partial charge is 0.293 e. The number of hydrogen-bond acceptors (Lipinski definition) is 2. The number of benzene rings is 1. The van der Waals surface area contributed by atoms with Gasteiger partial charge in [0.15, 0.2) is 0 Å². The third-order valence-electron chi connectivity index (χ3n) is 3.57. The normalized spacial score (nSPS) is 32.7. The Morgan fingerprint density at radius 2 is 2.00 bits per heavy atom. The van der Waals surface area contributed by atoms with Crippen molar-refractivity contribution in [1.29, 1.82) is 0 Å². The second-order valence-corrected chi connectivity index (χ2v) is 4.17. The number of hydrogen-bond donors (Lipinski definition) is 0. The van der Waals surface area contributed by atoms with E-state index in [0.29, 0.717) is 18.3 Å². The summed E-state index contributed by atoms with van der Waals surface area (Å²) in [5, 5.41) is 0. The maximum atomic E-state index is 10.3. The Morgan fingerprint density at radius 1 is 1.21 bits per heavy atom. The molecule has 2 bridgehead atoms. The zero-order valence-electron chi connectivity index (χ0n) is 7.85. The lowest BCUT2D eigenvalue weighted by atomic mass is 9.90. The third-order valence-corrected chi connectivity index (χ3v) is 3.57. The summed E-state index contributed by atoms with van der Waals surface area (Å²) >= 11 is 0. The maximum absolute atomic E-state index is 10.3. The van der Waals surface area contributed by atoms with E-state index >= 15 is 0 Å². The lowest BCUT2D eigenvalue weighted by molar-refractivity contribution is -0.134. The van der Waals surface area contributed by atoms with E-state index in [0.717, 1.165) is 12.8 Å². The average Bonchev–Trinajstić information content (AvgIpc) is 2.77. The van der Waals surface area contributed by atoms with Gasteiger partial charge in [0.05, 0.1) is 0 Å². The monoisotopic (exact) mass is 188 g/mol. The Labute approximate surface area is 82.9 Å². The fourth-order valence-corrected chi connectivity index (χ4v) is 3.02. The number of fused-ring (bicyclic) bond motifs is 5. The number of rotatable bonds is 2. The quantitative estimate of drug-likeness (QED) is 0.665. The highest BCUT2D eigenvalue weighted by molar-refractivity contribution is 5.45. The first-order valence-corrected chi connectivity index (χ1v) is 5.08. The van der Waals surface area contributed by atoms with Crippen molar-refractivity contribution in [3.05, 3.63) is 35.4 Å². The predicted octanol–water partition coefficient (Wildman–Crippen LogP) is 2.20. The molecule has 0 radical (unpaired) electrons. The van der Waals surface area contributed by atoms with Crippen LogP contribution in [0.15, 0.2) is 24.3 Å². The van der Waals surface area contributed by atoms with Gasteiger partial charge in [0, 0.05) is 5.92 Å². The standard InChI is InChI=1S/C12H12O2/c13-7-14-12-6-8-5-11(12)10-4-2-1-3-9(8)10/h1-4,7-8,11-12H,5-6H2. The summed E-state index contributed by atoms with van der Waals surface area (Å²) in [6.07, 6.45) is 2.31. The number of ether oxygens (including phenoxy) is 1. The van der Waals surface area contributed by atoms with Gasteiger partial charge in [0.2, 0.25) is 0 Å². The summed E-state index contributed by atoms with van der Waals surface area (Å²) < 4.78 is 5.11. The van der Waals surface area contributed by atoms with Crippen LogP contribution >= 0.6 is 0 Å². The molecule has 0 aromatic heterocycles. The second kappa shape index (κ2) is 2.84. The van der Waals surface area contributed by atoms with E-state index in [-0.39, 0.29) is 6.10 Å². The molecule has 14 heavy (non-hydrogen) atoms. The van der Waals surface area contributed by atoms with Crippen molar-refractivity contribution < 1.29 is 9.53 Å². The SMILES string of the molecule is O=COC1CC2CC1c1ccccc12. The molecular formula is C12H12O2. The van der Waals surface area contributed by atoms with Crippen molar-refractivity contribution in [1.82, 2.24) is 0 Å². The van der Waals surface area contributed by atoms with Crippen molar-refractivity contribution in [3.63, 3.8) is 0 Å². The highest BCUT2D eigenvalue weighted by atomic mass is 16.5. The molecule has 2 nitrogen and oxygen atoms in total. The first-order valence-electron chi connectivity index (χ1n) is 5.08. The number of carbonyl (C=O) groups is 1. The maximum Gasteiger partial charge on any atom is 0.293 e. The van der Waals surface area contributed by atoms with E-state index in [4.69, 9.17) is 4.74 Å². The Balaban J connectivity index is 1.98. The minimum absolute atomic E-state index is 0.132. The molecule has 0 spiro atoms.